The summed E-state index contributed by atoms with van der Waals surface area (Å²) in [6.07, 6.45) is 1.49. The zero-order valence-corrected chi connectivity index (χ0v) is 14.6. The molecule has 0 saturated carbocycles. The molecule has 1 aromatic heterocycles. The predicted molar refractivity (Wildman–Crippen MR) is 85.2 cm³/mol. The molecule has 2 heterocycles. The van der Waals surface area contributed by atoms with Crippen LogP contribution in [0.5, 0.6) is 5.75 Å². The molecule has 2 atom stereocenters. The summed E-state index contributed by atoms with van der Waals surface area (Å²) >= 11 is 0. The van der Waals surface area contributed by atoms with Crippen LogP contribution < -0.4 is 10.2 Å². The van der Waals surface area contributed by atoms with Gasteiger partial charge in [0.25, 0.3) is 0 Å². The smallest absolute Gasteiger partial charge is 0.358 e. The van der Waals surface area contributed by atoms with Crippen molar-refractivity contribution in [2.75, 3.05) is 41.7 Å². The van der Waals surface area contributed by atoms with Crippen molar-refractivity contribution in [1.29, 1.82) is 0 Å². The summed E-state index contributed by atoms with van der Waals surface area (Å²) in [5, 5.41) is 0. The lowest BCUT2D eigenvalue weighted by atomic mass is 10.1. The Morgan fingerprint density at radius 1 is 1.20 bits per heavy atom. The maximum Gasteiger partial charge on any atom is 0.358 e. The van der Waals surface area contributed by atoms with Gasteiger partial charge in [-0.15, -0.1) is 0 Å². The van der Waals surface area contributed by atoms with Gasteiger partial charge < -0.3 is 28.3 Å². The summed E-state index contributed by atoms with van der Waals surface area (Å²) in [6.45, 7) is 0.731. The number of carbonyl (C=O) groups excluding carboxylic acids is 2. The monoisotopic (exact) mass is 355 g/mol. The average molecular weight is 355 g/mol. The van der Waals surface area contributed by atoms with E-state index in [1.807, 2.05) is 0 Å². The van der Waals surface area contributed by atoms with Crippen LogP contribution in [0.15, 0.2) is 11.0 Å². The third-order valence-corrected chi connectivity index (χ3v) is 4.04. The molecule has 0 amide bonds. The van der Waals surface area contributed by atoms with E-state index in [1.54, 1.807) is 0 Å². The molecule has 0 spiro atoms. The molecule has 0 radical (unpaired) electrons. The maximum atomic E-state index is 12.5. The Bertz CT molecular complexity index is 711. The van der Waals surface area contributed by atoms with Gasteiger partial charge in [0.15, 0.2) is 11.4 Å². The highest BCUT2D eigenvalue weighted by Crippen LogP contribution is 2.30. The lowest BCUT2D eigenvalue weighted by molar-refractivity contribution is 0.0213. The van der Waals surface area contributed by atoms with E-state index in [-0.39, 0.29) is 35.8 Å². The number of rotatable bonds is 6. The van der Waals surface area contributed by atoms with Crippen molar-refractivity contribution >= 4 is 11.9 Å². The van der Waals surface area contributed by atoms with Crippen molar-refractivity contribution < 1.29 is 33.3 Å². The van der Waals surface area contributed by atoms with E-state index in [9.17, 15) is 14.4 Å². The topological polar surface area (TPSA) is 102 Å². The normalized spacial score (nSPS) is 19.5. The molecule has 9 heteroatoms. The van der Waals surface area contributed by atoms with Crippen LogP contribution in [0, 0.1) is 0 Å². The third kappa shape index (κ3) is 3.52. The van der Waals surface area contributed by atoms with Crippen LogP contribution in [0.25, 0.3) is 0 Å². The summed E-state index contributed by atoms with van der Waals surface area (Å²) < 4.78 is 26.8. The van der Waals surface area contributed by atoms with Crippen molar-refractivity contribution in [3.63, 3.8) is 0 Å². The second kappa shape index (κ2) is 8.13. The first-order valence-electron chi connectivity index (χ1n) is 7.60. The van der Waals surface area contributed by atoms with Gasteiger partial charge in [-0.3, -0.25) is 4.79 Å². The van der Waals surface area contributed by atoms with Crippen LogP contribution >= 0.6 is 0 Å². The van der Waals surface area contributed by atoms with E-state index in [2.05, 4.69) is 4.74 Å². The Hall–Kier alpha value is -2.39. The molecule has 2 rings (SSSR count). The molecule has 0 bridgehead atoms. The molecule has 1 saturated heterocycles. The number of hydrogen-bond donors (Lipinski definition) is 0. The highest BCUT2D eigenvalue weighted by Gasteiger charge is 2.35. The largest absolute Gasteiger partial charge is 0.491 e. The molecular weight excluding hydrogens is 334 g/mol. The van der Waals surface area contributed by atoms with E-state index < -0.39 is 17.4 Å². The second-order valence-corrected chi connectivity index (χ2v) is 5.36. The van der Waals surface area contributed by atoms with Crippen LogP contribution in [0.1, 0.15) is 33.3 Å². The lowest BCUT2D eigenvalue weighted by Crippen LogP contribution is -2.32. The summed E-state index contributed by atoms with van der Waals surface area (Å²) in [5.74, 6) is -1.86. The average Bonchev–Trinajstić information content (AvgIpc) is 3.08. The molecule has 1 fully saturated rings. The highest BCUT2D eigenvalue weighted by molar-refractivity contribution is 5.94. The molecule has 138 valence electrons. The van der Waals surface area contributed by atoms with E-state index in [0.717, 1.165) is 0 Å². The van der Waals surface area contributed by atoms with Crippen molar-refractivity contribution in [1.82, 2.24) is 4.57 Å². The molecule has 25 heavy (non-hydrogen) atoms. The minimum absolute atomic E-state index is 0.0840. The number of ether oxygens (including phenoxy) is 5. The van der Waals surface area contributed by atoms with Crippen molar-refractivity contribution in [3.05, 3.63) is 27.7 Å². The fraction of sp³-hybridized carbons (Fsp3) is 0.562. The number of methoxy groups -OCH3 is 4. The van der Waals surface area contributed by atoms with E-state index >= 15 is 0 Å². The molecule has 1 unspecified atom stereocenters. The summed E-state index contributed by atoms with van der Waals surface area (Å²) in [6, 6.07) is -0.341. The standard InChI is InChI=1S/C16H21NO8/c1-21-8-11-10(5-6-25-11)17-7-9(15(19)23-3)13(18)14(22-2)12(17)16(20)24-4/h7,10-11H,5-6,8H2,1-4H3/t10-,11?/m1/s1. The Morgan fingerprint density at radius 2 is 1.88 bits per heavy atom. The quantitative estimate of drug-likeness (QED) is 0.676. The number of aromatic nitrogens is 1. The number of carbonyl (C=O) groups is 2. The molecule has 9 nitrogen and oxygen atoms in total. The molecule has 0 aliphatic carbocycles. The van der Waals surface area contributed by atoms with Gasteiger partial charge >= 0.3 is 11.9 Å². The zero-order chi connectivity index (χ0) is 18.6. The summed E-state index contributed by atoms with van der Waals surface area (Å²) in [7, 11) is 5.14. The molecular formula is C16H21NO8. The fourth-order valence-corrected chi connectivity index (χ4v) is 2.89. The van der Waals surface area contributed by atoms with E-state index in [1.165, 1.54) is 39.2 Å². The molecule has 0 aromatic carbocycles. The number of hydrogen-bond acceptors (Lipinski definition) is 8. The number of esters is 2. The van der Waals surface area contributed by atoms with Crippen molar-refractivity contribution in [2.45, 2.75) is 18.6 Å². The van der Waals surface area contributed by atoms with Gasteiger partial charge in [-0.05, 0) is 6.42 Å². The Morgan fingerprint density at radius 3 is 2.44 bits per heavy atom. The first kappa shape index (κ1) is 18.9. The van der Waals surface area contributed by atoms with Crippen molar-refractivity contribution in [3.8, 4) is 5.75 Å². The molecule has 1 aliphatic rings. The van der Waals surface area contributed by atoms with E-state index in [4.69, 9.17) is 18.9 Å². The number of nitrogens with zero attached hydrogens (tertiary/aromatic N) is 1. The van der Waals surface area contributed by atoms with Crippen LogP contribution in [-0.2, 0) is 18.9 Å². The Kier molecular flexibility index (Phi) is 6.16. The highest BCUT2D eigenvalue weighted by atomic mass is 16.5. The first-order chi connectivity index (χ1) is 12.0. The minimum Gasteiger partial charge on any atom is -0.491 e. The van der Waals surface area contributed by atoms with Gasteiger partial charge in [-0.2, -0.15) is 0 Å². The van der Waals surface area contributed by atoms with Crippen LogP contribution in [-0.4, -0.2) is 64.3 Å². The van der Waals surface area contributed by atoms with Gasteiger partial charge in [0.2, 0.25) is 5.43 Å². The SMILES string of the molecule is COCC1OCC[C@H]1n1cc(C(=O)OC)c(=O)c(OC)c1C(=O)OC. The maximum absolute atomic E-state index is 12.5. The van der Waals surface area contributed by atoms with Crippen LogP contribution in [0.2, 0.25) is 0 Å². The Labute approximate surface area is 144 Å². The number of pyridine rings is 1. The molecule has 1 aliphatic heterocycles. The summed E-state index contributed by atoms with van der Waals surface area (Å²) in [4.78, 5) is 36.8. The fourth-order valence-electron chi connectivity index (χ4n) is 2.89. The molecule has 0 N–H and O–H groups in total. The van der Waals surface area contributed by atoms with Gasteiger partial charge in [-0.1, -0.05) is 0 Å². The van der Waals surface area contributed by atoms with Crippen LogP contribution in [0.3, 0.4) is 0 Å². The van der Waals surface area contributed by atoms with Crippen LogP contribution in [0.4, 0.5) is 0 Å². The molecule has 1 aromatic rings. The lowest BCUT2D eigenvalue weighted by Gasteiger charge is -2.25. The van der Waals surface area contributed by atoms with Gasteiger partial charge in [0, 0.05) is 19.9 Å². The van der Waals surface area contributed by atoms with Gasteiger partial charge in [-0.25, -0.2) is 9.59 Å². The second-order valence-electron chi connectivity index (χ2n) is 5.36. The van der Waals surface area contributed by atoms with Gasteiger partial charge in [0.05, 0.1) is 34.0 Å². The zero-order valence-electron chi connectivity index (χ0n) is 14.6. The van der Waals surface area contributed by atoms with Crippen molar-refractivity contribution in [2.24, 2.45) is 0 Å². The Balaban J connectivity index is 2.72. The van der Waals surface area contributed by atoms with E-state index in [0.29, 0.717) is 13.0 Å². The predicted octanol–water partition coefficient (Wildman–Crippen LogP) is 0.407. The summed E-state index contributed by atoms with van der Waals surface area (Å²) in [5.41, 5.74) is -1.07. The minimum atomic E-state index is -0.823. The van der Waals surface area contributed by atoms with Gasteiger partial charge in [0.1, 0.15) is 11.7 Å². The third-order valence-electron chi connectivity index (χ3n) is 4.04. The first-order valence-corrected chi connectivity index (χ1v) is 7.60.